The number of nitrogens with zero attached hydrogens (tertiary/aromatic N) is 1. The van der Waals surface area contributed by atoms with Gasteiger partial charge in [0, 0.05) is 25.2 Å². The third-order valence-corrected chi connectivity index (χ3v) is 6.23. The quantitative estimate of drug-likeness (QED) is 0.774. The van der Waals surface area contributed by atoms with Crippen molar-refractivity contribution < 1.29 is 17.9 Å². The monoisotopic (exact) mass is 333 g/mol. The first-order valence-corrected chi connectivity index (χ1v) is 9.71. The van der Waals surface area contributed by atoms with Gasteiger partial charge in [-0.2, -0.15) is 4.31 Å². The van der Waals surface area contributed by atoms with Gasteiger partial charge in [0.2, 0.25) is 10.0 Å². The Labute approximate surface area is 132 Å². The normalized spacial score (nSPS) is 24.9. The van der Waals surface area contributed by atoms with Gasteiger partial charge < -0.3 is 15.4 Å². The van der Waals surface area contributed by atoms with Crippen molar-refractivity contribution >= 4 is 16.1 Å². The van der Waals surface area contributed by atoms with Gasteiger partial charge in [0.25, 0.3) is 0 Å². The van der Waals surface area contributed by atoms with Crippen LogP contribution in [0.15, 0.2) is 0 Å². The smallest absolute Gasteiger partial charge is 0.315 e. The maximum atomic E-state index is 12.3. The van der Waals surface area contributed by atoms with Gasteiger partial charge in [0.1, 0.15) is 0 Å². The predicted octanol–water partition coefficient (Wildman–Crippen LogP) is 0.669. The van der Waals surface area contributed by atoms with Crippen LogP contribution in [0.5, 0.6) is 0 Å². The molecule has 1 saturated carbocycles. The lowest BCUT2D eigenvalue weighted by atomic mass is 9.96. The van der Waals surface area contributed by atoms with Crippen molar-refractivity contribution in [3.63, 3.8) is 0 Å². The second-order valence-corrected chi connectivity index (χ2v) is 8.13. The third kappa shape index (κ3) is 5.10. The van der Waals surface area contributed by atoms with Crippen LogP contribution in [-0.4, -0.2) is 62.9 Å². The second-order valence-electron chi connectivity index (χ2n) is 6.09. The fraction of sp³-hybridized carbons (Fsp3) is 0.929. The van der Waals surface area contributed by atoms with Gasteiger partial charge in [-0.05, 0) is 19.8 Å². The molecule has 2 rings (SSSR count). The maximum Gasteiger partial charge on any atom is 0.315 e. The standard InChI is InChI=1S/C14H27N3O4S/c1-12-11-21-9-8-17(12)22(19,20)10-7-15-14(18)16-13-5-3-2-4-6-13/h12-13H,2-11H2,1H3,(H2,15,16,18). The first-order chi connectivity index (χ1) is 10.5. The summed E-state index contributed by atoms with van der Waals surface area (Å²) in [5.74, 6) is -0.0740. The Bertz CT molecular complexity index is 463. The molecule has 0 bridgehead atoms. The Morgan fingerprint density at radius 3 is 2.68 bits per heavy atom. The van der Waals surface area contributed by atoms with Gasteiger partial charge in [0.05, 0.1) is 19.0 Å². The molecule has 128 valence electrons. The summed E-state index contributed by atoms with van der Waals surface area (Å²) in [6.45, 7) is 3.21. The van der Waals surface area contributed by atoms with Crippen LogP contribution < -0.4 is 10.6 Å². The average molecular weight is 333 g/mol. The molecule has 8 heteroatoms. The molecule has 0 aromatic carbocycles. The number of ether oxygens (including phenoxy) is 1. The number of urea groups is 1. The number of hydrogen-bond donors (Lipinski definition) is 2. The van der Waals surface area contributed by atoms with Gasteiger partial charge in [-0.1, -0.05) is 19.3 Å². The molecule has 1 saturated heterocycles. The van der Waals surface area contributed by atoms with Gasteiger partial charge in [0.15, 0.2) is 0 Å². The fourth-order valence-corrected chi connectivity index (χ4v) is 4.58. The molecule has 0 aromatic heterocycles. The van der Waals surface area contributed by atoms with Crippen LogP contribution in [0.1, 0.15) is 39.0 Å². The van der Waals surface area contributed by atoms with E-state index in [1.807, 2.05) is 6.92 Å². The molecule has 2 fully saturated rings. The highest BCUT2D eigenvalue weighted by molar-refractivity contribution is 7.89. The molecule has 0 radical (unpaired) electrons. The lowest BCUT2D eigenvalue weighted by Gasteiger charge is -2.32. The summed E-state index contributed by atoms with van der Waals surface area (Å²) in [6.07, 6.45) is 5.55. The topological polar surface area (TPSA) is 87.7 Å². The van der Waals surface area contributed by atoms with Crippen molar-refractivity contribution in [3.05, 3.63) is 0 Å². The van der Waals surface area contributed by atoms with Crippen LogP contribution in [0.3, 0.4) is 0 Å². The summed E-state index contributed by atoms with van der Waals surface area (Å²) in [6, 6.07) is -0.184. The van der Waals surface area contributed by atoms with Crippen molar-refractivity contribution in [2.24, 2.45) is 0 Å². The van der Waals surface area contributed by atoms with Crippen molar-refractivity contribution in [1.29, 1.82) is 0 Å². The molecule has 2 N–H and O–H groups in total. The fourth-order valence-electron chi connectivity index (χ4n) is 3.02. The molecule has 7 nitrogen and oxygen atoms in total. The Morgan fingerprint density at radius 2 is 2.00 bits per heavy atom. The Balaban J connectivity index is 1.71. The van der Waals surface area contributed by atoms with Crippen LogP contribution in [-0.2, 0) is 14.8 Å². The zero-order valence-corrected chi connectivity index (χ0v) is 14.0. The van der Waals surface area contributed by atoms with E-state index in [-0.39, 0.29) is 30.4 Å². The van der Waals surface area contributed by atoms with Gasteiger partial charge in [-0.3, -0.25) is 0 Å². The third-order valence-electron chi connectivity index (χ3n) is 4.25. The highest BCUT2D eigenvalue weighted by Gasteiger charge is 2.29. The summed E-state index contributed by atoms with van der Waals surface area (Å²) in [5.41, 5.74) is 0. The van der Waals surface area contributed by atoms with Crippen LogP contribution in [0, 0.1) is 0 Å². The Kier molecular flexibility index (Phi) is 6.46. The molecule has 1 aliphatic heterocycles. The molecule has 1 heterocycles. The number of morpholine rings is 1. The van der Waals surface area contributed by atoms with E-state index in [0.717, 1.165) is 25.7 Å². The van der Waals surface area contributed by atoms with E-state index in [1.54, 1.807) is 0 Å². The van der Waals surface area contributed by atoms with E-state index in [2.05, 4.69) is 10.6 Å². The van der Waals surface area contributed by atoms with Crippen LogP contribution >= 0.6 is 0 Å². The van der Waals surface area contributed by atoms with Gasteiger partial charge in [-0.15, -0.1) is 0 Å². The first-order valence-electron chi connectivity index (χ1n) is 8.10. The predicted molar refractivity (Wildman–Crippen MR) is 84.2 cm³/mol. The van der Waals surface area contributed by atoms with Crippen LogP contribution in [0.2, 0.25) is 0 Å². The number of sulfonamides is 1. The van der Waals surface area contributed by atoms with Gasteiger partial charge in [-0.25, -0.2) is 13.2 Å². The molecule has 2 aliphatic rings. The average Bonchev–Trinajstić information content (AvgIpc) is 2.48. The summed E-state index contributed by atoms with van der Waals surface area (Å²) < 4.78 is 31.3. The minimum Gasteiger partial charge on any atom is -0.378 e. The van der Waals surface area contributed by atoms with Crippen molar-refractivity contribution in [3.8, 4) is 0 Å². The van der Waals surface area contributed by atoms with E-state index < -0.39 is 10.0 Å². The summed E-state index contributed by atoms with van der Waals surface area (Å²) in [4.78, 5) is 11.8. The molecule has 2 amide bonds. The lowest BCUT2D eigenvalue weighted by molar-refractivity contribution is 0.0393. The van der Waals surface area contributed by atoms with E-state index in [1.165, 1.54) is 10.7 Å². The molecule has 1 aliphatic carbocycles. The number of hydrogen-bond acceptors (Lipinski definition) is 4. The molecule has 0 aromatic rings. The van der Waals surface area contributed by atoms with Crippen LogP contribution in [0.4, 0.5) is 4.79 Å². The molecular formula is C14H27N3O4S. The summed E-state index contributed by atoms with van der Waals surface area (Å²) in [5, 5.41) is 5.57. The number of amides is 2. The lowest BCUT2D eigenvalue weighted by Crippen LogP contribution is -2.50. The molecule has 22 heavy (non-hydrogen) atoms. The van der Waals surface area contributed by atoms with E-state index in [4.69, 9.17) is 4.74 Å². The largest absolute Gasteiger partial charge is 0.378 e. The Hall–Kier alpha value is -0.860. The number of carbonyl (C=O) groups is 1. The van der Waals surface area contributed by atoms with E-state index in [0.29, 0.717) is 19.8 Å². The van der Waals surface area contributed by atoms with E-state index in [9.17, 15) is 13.2 Å². The number of rotatable bonds is 5. The molecule has 1 atom stereocenters. The zero-order valence-electron chi connectivity index (χ0n) is 13.2. The number of nitrogens with one attached hydrogen (secondary N) is 2. The minimum absolute atomic E-state index is 0.0740. The Morgan fingerprint density at radius 1 is 1.27 bits per heavy atom. The molecule has 0 spiro atoms. The van der Waals surface area contributed by atoms with Gasteiger partial charge >= 0.3 is 6.03 Å². The molecule has 1 unspecified atom stereocenters. The van der Waals surface area contributed by atoms with E-state index >= 15 is 0 Å². The van der Waals surface area contributed by atoms with Crippen molar-refractivity contribution in [2.75, 3.05) is 32.1 Å². The maximum absolute atomic E-state index is 12.3. The highest BCUT2D eigenvalue weighted by Crippen LogP contribution is 2.17. The van der Waals surface area contributed by atoms with Crippen LogP contribution in [0.25, 0.3) is 0 Å². The summed E-state index contributed by atoms with van der Waals surface area (Å²) in [7, 11) is -3.35. The number of carbonyl (C=O) groups excluding carboxylic acids is 1. The van der Waals surface area contributed by atoms with Crippen molar-refractivity contribution in [2.45, 2.75) is 51.1 Å². The SMILES string of the molecule is CC1COCCN1S(=O)(=O)CCNC(=O)NC1CCCCC1. The first kappa shape index (κ1) is 17.5. The summed E-state index contributed by atoms with van der Waals surface area (Å²) >= 11 is 0. The zero-order chi connectivity index (χ0) is 16.0. The highest BCUT2D eigenvalue weighted by atomic mass is 32.2. The minimum atomic E-state index is -3.35. The van der Waals surface area contributed by atoms with Crippen molar-refractivity contribution in [1.82, 2.24) is 14.9 Å². The second kappa shape index (κ2) is 8.12. The molecular weight excluding hydrogens is 306 g/mol.